The monoisotopic (exact) mass is 360 g/mol. The van der Waals surface area contributed by atoms with Gasteiger partial charge >= 0.3 is 0 Å². The molecule has 4 nitrogen and oxygen atoms in total. The predicted molar refractivity (Wildman–Crippen MR) is 80.6 cm³/mol. The standard InChI is InChI=1S/C13H15BrClFN4/c1-8(2)5-17-6-10-7-18-19-20(10)13-11(14)3-9(16)4-12(13)15/h3-4,7-8,17H,5-6H2,1-2H3. The van der Waals surface area contributed by atoms with Crippen LogP contribution in [-0.2, 0) is 6.54 Å². The lowest BCUT2D eigenvalue weighted by Crippen LogP contribution is -2.21. The van der Waals surface area contributed by atoms with Gasteiger partial charge in [0, 0.05) is 11.0 Å². The summed E-state index contributed by atoms with van der Waals surface area (Å²) < 4.78 is 15.4. The van der Waals surface area contributed by atoms with E-state index in [4.69, 9.17) is 11.6 Å². The molecule has 2 aromatic rings. The molecule has 7 heteroatoms. The van der Waals surface area contributed by atoms with Gasteiger partial charge in [-0.25, -0.2) is 9.07 Å². The lowest BCUT2D eigenvalue weighted by atomic mass is 10.2. The number of halogens is 3. The first-order chi connectivity index (χ1) is 9.49. The van der Waals surface area contributed by atoms with Crippen molar-refractivity contribution in [2.24, 2.45) is 5.92 Å². The number of nitrogens with one attached hydrogen (secondary N) is 1. The fourth-order valence-corrected chi connectivity index (χ4v) is 2.79. The first-order valence-corrected chi connectivity index (χ1v) is 7.41. The predicted octanol–water partition coefficient (Wildman–Crippen LogP) is 3.57. The van der Waals surface area contributed by atoms with Crippen LogP contribution in [0.3, 0.4) is 0 Å². The fourth-order valence-electron chi connectivity index (χ4n) is 1.79. The second-order valence-corrected chi connectivity index (χ2v) is 6.14. The summed E-state index contributed by atoms with van der Waals surface area (Å²) >= 11 is 9.42. The molecule has 1 heterocycles. The number of benzene rings is 1. The molecule has 108 valence electrons. The molecule has 0 aliphatic rings. The van der Waals surface area contributed by atoms with Gasteiger partial charge in [-0.2, -0.15) is 0 Å². The Morgan fingerprint density at radius 2 is 2.20 bits per heavy atom. The van der Waals surface area contributed by atoms with Crippen molar-refractivity contribution in [2.75, 3.05) is 6.54 Å². The van der Waals surface area contributed by atoms with Crippen molar-refractivity contribution in [2.45, 2.75) is 20.4 Å². The molecular weight excluding hydrogens is 347 g/mol. The maximum atomic E-state index is 13.3. The molecule has 0 spiro atoms. The van der Waals surface area contributed by atoms with Crippen molar-refractivity contribution in [3.8, 4) is 5.69 Å². The molecular formula is C13H15BrClFN4. The van der Waals surface area contributed by atoms with Gasteiger partial charge in [-0.15, -0.1) is 5.10 Å². The van der Waals surface area contributed by atoms with Gasteiger partial charge in [-0.1, -0.05) is 30.7 Å². The number of rotatable bonds is 5. The second-order valence-electron chi connectivity index (χ2n) is 4.88. The minimum absolute atomic E-state index is 0.285. The Bertz CT molecular complexity index is 577. The lowest BCUT2D eigenvalue weighted by Gasteiger charge is -2.12. The van der Waals surface area contributed by atoms with Crippen molar-refractivity contribution in [1.29, 1.82) is 0 Å². The Morgan fingerprint density at radius 1 is 1.45 bits per heavy atom. The Labute approximate surface area is 130 Å². The Balaban J connectivity index is 2.28. The van der Waals surface area contributed by atoms with E-state index < -0.39 is 5.82 Å². The normalized spacial score (nSPS) is 11.3. The van der Waals surface area contributed by atoms with Gasteiger partial charge in [0.25, 0.3) is 0 Å². The lowest BCUT2D eigenvalue weighted by molar-refractivity contribution is 0.542. The molecule has 0 saturated heterocycles. The maximum absolute atomic E-state index is 13.3. The van der Waals surface area contributed by atoms with E-state index in [2.05, 4.69) is 45.4 Å². The molecule has 1 N–H and O–H groups in total. The topological polar surface area (TPSA) is 42.7 Å². The van der Waals surface area contributed by atoms with Crippen LogP contribution in [0.1, 0.15) is 19.5 Å². The quantitative estimate of drug-likeness (QED) is 0.885. The third kappa shape index (κ3) is 3.56. The minimum Gasteiger partial charge on any atom is -0.311 e. The molecule has 20 heavy (non-hydrogen) atoms. The van der Waals surface area contributed by atoms with Crippen LogP contribution in [0.4, 0.5) is 4.39 Å². The van der Waals surface area contributed by atoms with E-state index in [1.54, 1.807) is 10.9 Å². The van der Waals surface area contributed by atoms with Gasteiger partial charge in [0.2, 0.25) is 0 Å². The zero-order valence-corrected chi connectivity index (χ0v) is 13.5. The SMILES string of the molecule is CC(C)CNCc1cnnn1-c1c(Cl)cc(F)cc1Br. The van der Waals surface area contributed by atoms with Crippen LogP contribution in [0, 0.1) is 11.7 Å². The van der Waals surface area contributed by atoms with Crippen LogP contribution < -0.4 is 5.32 Å². The highest BCUT2D eigenvalue weighted by Gasteiger charge is 2.14. The number of hydrogen-bond acceptors (Lipinski definition) is 3. The van der Waals surface area contributed by atoms with Gasteiger partial charge in [-0.05, 0) is 40.5 Å². The highest BCUT2D eigenvalue weighted by Crippen LogP contribution is 2.30. The van der Waals surface area contributed by atoms with E-state index in [9.17, 15) is 4.39 Å². The van der Waals surface area contributed by atoms with Crippen molar-refractivity contribution in [1.82, 2.24) is 20.3 Å². The molecule has 0 fully saturated rings. The second kappa shape index (κ2) is 6.65. The van der Waals surface area contributed by atoms with Crippen molar-refractivity contribution in [3.05, 3.63) is 39.3 Å². The largest absolute Gasteiger partial charge is 0.311 e. The molecule has 0 atom stereocenters. The van der Waals surface area contributed by atoms with Crippen LogP contribution in [0.25, 0.3) is 5.69 Å². The molecule has 2 rings (SSSR count). The van der Waals surface area contributed by atoms with Crippen LogP contribution in [0.2, 0.25) is 5.02 Å². The summed E-state index contributed by atoms with van der Waals surface area (Å²) in [4.78, 5) is 0. The van der Waals surface area contributed by atoms with E-state index in [1.165, 1.54) is 12.1 Å². The molecule has 0 amide bonds. The van der Waals surface area contributed by atoms with Crippen LogP contribution in [0.15, 0.2) is 22.8 Å². The summed E-state index contributed by atoms with van der Waals surface area (Å²) in [6.07, 6.45) is 1.67. The fraction of sp³-hybridized carbons (Fsp3) is 0.385. The van der Waals surface area contributed by atoms with Crippen LogP contribution >= 0.6 is 27.5 Å². The molecule has 0 radical (unpaired) electrons. The summed E-state index contributed by atoms with van der Waals surface area (Å²) in [5.41, 5.74) is 1.45. The molecule has 0 aliphatic carbocycles. The molecule has 0 unspecified atom stereocenters. The van der Waals surface area contributed by atoms with Crippen molar-refractivity contribution in [3.63, 3.8) is 0 Å². The highest BCUT2D eigenvalue weighted by molar-refractivity contribution is 9.10. The van der Waals surface area contributed by atoms with E-state index in [-0.39, 0.29) is 5.02 Å². The average Bonchev–Trinajstić information content (AvgIpc) is 2.75. The van der Waals surface area contributed by atoms with E-state index >= 15 is 0 Å². The third-order valence-electron chi connectivity index (χ3n) is 2.67. The Hall–Kier alpha value is -0.980. The summed E-state index contributed by atoms with van der Waals surface area (Å²) in [6.45, 7) is 5.78. The summed E-state index contributed by atoms with van der Waals surface area (Å²) in [5, 5.41) is 11.5. The Morgan fingerprint density at radius 3 is 2.85 bits per heavy atom. The Kier molecular flexibility index (Phi) is 5.12. The van der Waals surface area contributed by atoms with Crippen LogP contribution in [-0.4, -0.2) is 21.5 Å². The molecule has 1 aromatic carbocycles. The molecule has 0 aliphatic heterocycles. The minimum atomic E-state index is -0.398. The molecule has 1 aromatic heterocycles. The molecule has 0 bridgehead atoms. The van der Waals surface area contributed by atoms with Crippen molar-refractivity contribution < 1.29 is 4.39 Å². The van der Waals surface area contributed by atoms with Gasteiger partial charge < -0.3 is 5.32 Å². The summed E-state index contributed by atoms with van der Waals surface area (Å²) in [5.74, 6) is 0.158. The van der Waals surface area contributed by atoms with Gasteiger partial charge in [0.05, 0.1) is 22.6 Å². The third-order valence-corrected chi connectivity index (χ3v) is 3.56. The average molecular weight is 362 g/mol. The van der Waals surface area contributed by atoms with E-state index in [0.717, 1.165) is 12.2 Å². The zero-order chi connectivity index (χ0) is 14.7. The van der Waals surface area contributed by atoms with Crippen molar-refractivity contribution >= 4 is 27.5 Å². The van der Waals surface area contributed by atoms with Gasteiger partial charge in [-0.3, -0.25) is 0 Å². The zero-order valence-electron chi connectivity index (χ0n) is 11.2. The van der Waals surface area contributed by atoms with Gasteiger partial charge in [0.1, 0.15) is 5.82 Å². The first kappa shape index (κ1) is 15.4. The highest BCUT2D eigenvalue weighted by atomic mass is 79.9. The van der Waals surface area contributed by atoms with Gasteiger partial charge in [0.15, 0.2) is 0 Å². The number of aromatic nitrogens is 3. The summed E-state index contributed by atoms with van der Waals surface area (Å²) in [7, 11) is 0. The number of nitrogens with zero attached hydrogens (tertiary/aromatic N) is 3. The molecule has 0 saturated carbocycles. The summed E-state index contributed by atoms with van der Waals surface area (Å²) in [6, 6.07) is 2.61. The first-order valence-electron chi connectivity index (χ1n) is 6.24. The van der Waals surface area contributed by atoms with E-state index in [0.29, 0.717) is 22.6 Å². The van der Waals surface area contributed by atoms with Crippen LogP contribution in [0.5, 0.6) is 0 Å². The van der Waals surface area contributed by atoms with E-state index in [1.807, 2.05) is 0 Å². The maximum Gasteiger partial charge on any atom is 0.125 e. The number of hydrogen-bond donors (Lipinski definition) is 1. The smallest absolute Gasteiger partial charge is 0.125 e.